The van der Waals surface area contributed by atoms with Crippen molar-refractivity contribution < 1.29 is 14.7 Å². The van der Waals surface area contributed by atoms with Crippen LogP contribution in [0.4, 0.5) is 0 Å². The van der Waals surface area contributed by atoms with Crippen LogP contribution in [0.15, 0.2) is 30.5 Å². The van der Waals surface area contributed by atoms with Crippen molar-refractivity contribution >= 4 is 22.8 Å². The number of para-hydroxylation sites is 1. The van der Waals surface area contributed by atoms with Crippen molar-refractivity contribution in [3.05, 3.63) is 36.0 Å². The molecule has 5 heteroatoms. The Labute approximate surface area is 136 Å². The van der Waals surface area contributed by atoms with E-state index in [1.807, 2.05) is 38.2 Å². The van der Waals surface area contributed by atoms with Gasteiger partial charge in [0.05, 0.1) is 12.8 Å². The van der Waals surface area contributed by atoms with E-state index in [2.05, 4.69) is 17.6 Å². The minimum Gasteiger partial charge on any atom is -0.481 e. The number of carbonyl (C=O) groups is 2. The van der Waals surface area contributed by atoms with Crippen LogP contribution in [-0.2, 0) is 22.6 Å². The molecule has 23 heavy (non-hydrogen) atoms. The van der Waals surface area contributed by atoms with Crippen molar-refractivity contribution in [2.45, 2.75) is 46.2 Å². The van der Waals surface area contributed by atoms with Crippen molar-refractivity contribution in [1.82, 2.24) is 9.47 Å². The molecule has 0 spiro atoms. The van der Waals surface area contributed by atoms with Crippen LogP contribution in [-0.4, -0.2) is 39.0 Å². The average molecular weight is 316 g/mol. The number of benzene rings is 1. The van der Waals surface area contributed by atoms with Crippen LogP contribution in [0, 0.1) is 0 Å². The molecule has 0 fully saturated rings. The molecule has 0 unspecified atom stereocenters. The summed E-state index contributed by atoms with van der Waals surface area (Å²) in [6, 6.07) is 8.04. The fraction of sp³-hybridized carbons (Fsp3) is 0.444. The monoisotopic (exact) mass is 316 g/mol. The van der Waals surface area contributed by atoms with Crippen LogP contribution in [0.3, 0.4) is 0 Å². The topological polar surface area (TPSA) is 62.5 Å². The van der Waals surface area contributed by atoms with Gasteiger partial charge in [0.2, 0.25) is 5.91 Å². The van der Waals surface area contributed by atoms with Gasteiger partial charge in [0.1, 0.15) is 0 Å². The number of carboxylic acids is 1. The highest BCUT2D eigenvalue weighted by atomic mass is 16.4. The summed E-state index contributed by atoms with van der Waals surface area (Å²) < 4.78 is 2.13. The van der Waals surface area contributed by atoms with Gasteiger partial charge in [0, 0.05) is 36.2 Å². The van der Waals surface area contributed by atoms with E-state index in [4.69, 9.17) is 5.11 Å². The SMILES string of the molecule is CCn1cc(CC(=O)N(CCC(=O)O)C(C)C)c2ccccc21. The lowest BCUT2D eigenvalue weighted by atomic mass is 10.1. The maximum absolute atomic E-state index is 12.6. The zero-order valence-corrected chi connectivity index (χ0v) is 14.0. The van der Waals surface area contributed by atoms with E-state index in [0.29, 0.717) is 6.42 Å². The molecule has 1 aromatic heterocycles. The third kappa shape index (κ3) is 3.92. The number of nitrogens with zero attached hydrogens (tertiary/aromatic N) is 2. The van der Waals surface area contributed by atoms with Gasteiger partial charge in [0.15, 0.2) is 0 Å². The lowest BCUT2D eigenvalue weighted by Gasteiger charge is -2.26. The molecule has 0 aliphatic carbocycles. The van der Waals surface area contributed by atoms with Crippen molar-refractivity contribution in [2.75, 3.05) is 6.54 Å². The molecule has 0 aliphatic heterocycles. The van der Waals surface area contributed by atoms with E-state index < -0.39 is 5.97 Å². The Bertz CT molecular complexity index is 703. The number of fused-ring (bicyclic) bond motifs is 1. The highest BCUT2D eigenvalue weighted by Crippen LogP contribution is 2.22. The Morgan fingerprint density at radius 3 is 2.57 bits per heavy atom. The van der Waals surface area contributed by atoms with E-state index in [1.165, 1.54) is 0 Å². The van der Waals surface area contributed by atoms with Gasteiger partial charge in [-0.1, -0.05) is 18.2 Å². The number of carboxylic acid groups (broad SMARTS) is 1. The van der Waals surface area contributed by atoms with Crippen molar-refractivity contribution in [2.24, 2.45) is 0 Å². The van der Waals surface area contributed by atoms with Gasteiger partial charge in [-0.3, -0.25) is 9.59 Å². The highest BCUT2D eigenvalue weighted by Gasteiger charge is 2.20. The zero-order valence-electron chi connectivity index (χ0n) is 14.0. The van der Waals surface area contributed by atoms with Gasteiger partial charge in [-0.15, -0.1) is 0 Å². The molecule has 1 aromatic carbocycles. The number of hydrogen-bond acceptors (Lipinski definition) is 2. The molecule has 124 valence electrons. The molecule has 2 rings (SSSR count). The first-order valence-corrected chi connectivity index (χ1v) is 8.02. The second-order valence-corrected chi connectivity index (χ2v) is 5.96. The average Bonchev–Trinajstić information content (AvgIpc) is 2.85. The molecule has 1 N–H and O–H groups in total. The molecule has 0 atom stereocenters. The molecule has 1 heterocycles. The van der Waals surface area contributed by atoms with Crippen LogP contribution < -0.4 is 0 Å². The summed E-state index contributed by atoms with van der Waals surface area (Å²) in [7, 11) is 0. The summed E-state index contributed by atoms with van der Waals surface area (Å²) >= 11 is 0. The van der Waals surface area contributed by atoms with Crippen LogP contribution in [0.5, 0.6) is 0 Å². The maximum Gasteiger partial charge on any atom is 0.305 e. The Morgan fingerprint density at radius 1 is 1.26 bits per heavy atom. The summed E-state index contributed by atoms with van der Waals surface area (Å²) in [4.78, 5) is 25.1. The molecule has 1 amide bonds. The number of rotatable bonds is 7. The second-order valence-electron chi connectivity index (χ2n) is 5.96. The minimum atomic E-state index is -0.883. The van der Waals surface area contributed by atoms with Crippen LogP contribution >= 0.6 is 0 Å². The summed E-state index contributed by atoms with van der Waals surface area (Å²) in [6.07, 6.45) is 2.30. The number of aliphatic carboxylic acids is 1. The lowest BCUT2D eigenvalue weighted by Crippen LogP contribution is -2.39. The van der Waals surface area contributed by atoms with Crippen LogP contribution in [0.25, 0.3) is 10.9 Å². The smallest absolute Gasteiger partial charge is 0.305 e. The van der Waals surface area contributed by atoms with E-state index in [1.54, 1.807) is 4.90 Å². The Hall–Kier alpha value is -2.30. The van der Waals surface area contributed by atoms with Gasteiger partial charge in [-0.25, -0.2) is 0 Å². The minimum absolute atomic E-state index is 0.0126. The molecule has 0 saturated heterocycles. The zero-order chi connectivity index (χ0) is 17.0. The Morgan fingerprint density at radius 2 is 1.96 bits per heavy atom. The van der Waals surface area contributed by atoms with Crippen molar-refractivity contribution in [1.29, 1.82) is 0 Å². The number of amides is 1. The first-order chi connectivity index (χ1) is 10.9. The van der Waals surface area contributed by atoms with Gasteiger partial charge in [-0.05, 0) is 32.4 Å². The quantitative estimate of drug-likeness (QED) is 0.854. The lowest BCUT2D eigenvalue weighted by molar-refractivity contribution is -0.139. The molecular formula is C18H24N2O3. The van der Waals surface area contributed by atoms with Crippen molar-refractivity contribution in [3.63, 3.8) is 0 Å². The fourth-order valence-electron chi connectivity index (χ4n) is 2.88. The molecule has 0 bridgehead atoms. The maximum atomic E-state index is 12.6. The largest absolute Gasteiger partial charge is 0.481 e. The summed E-state index contributed by atoms with van der Waals surface area (Å²) in [5.41, 5.74) is 2.12. The highest BCUT2D eigenvalue weighted by molar-refractivity contribution is 5.89. The third-order valence-corrected chi connectivity index (χ3v) is 4.06. The third-order valence-electron chi connectivity index (χ3n) is 4.06. The molecule has 0 aliphatic rings. The van der Waals surface area contributed by atoms with Gasteiger partial charge in [-0.2, -0.15) is 0 Å². The van der Waals surface area contributed by atoms with Gasteiger partial charge >= 0.3 is 5.97 Å². The predicted molar refractivity (Wildman–Crippen MR) is 90.4 cm³/mol. The van der Waals surface area contributed by atoms with Crippen LogP contribution in [0.2, 0.25) is 0 Å². The van der Waals surface area contributed by atoms with Crippen LogP contribution in [0.1, 0.15) is 32.8 Å². The molecule has 0 saturated carbocycles. The summed E-state index contributed by atoms with van der Waals surface area (Å²) in [5.74, 6) is -0.911. The van der Waals surface area contributed by atoms with E-state index >= 15 is 0 Å². The van der Waals surface area contributed by atoms with Crippen molar-refractivity contribution in [3.8, 4) is 0 Å². The Kier molecular flexibility index (Phi) is 5.42. The normalized spacial score (nSPS) is 11.1. The van der Waals surface area contributed by atoms with E-state index in [9.17, 15) is 9.59 Å². The second kappa shape index (κ2) is 7.31. The van der Waals surface area contributed by atoms with Gasteiger partial charge in [0.25, 0.3) is 0 Å². The van der Waals surface area contributed by atoms with E-state index in [0.717, 1.165) is 23.0 Å². The Balaban J connectivity index is 2.23. The molecule has 0 radical (unpaired) electrons. The van der Waals surface area contributed by atoms with E-state index in [-0.39, 0.29) is 24.9 Å². The summed E-state index contributed by atoms with van der Waals surface area (Å²) in [6.45, 7) is 7.00. The number of aryl methyl sites for hydroxylation is 1. The standard InChI is InChI=1S/C18H24N2O3/c1-4-19-12-14(15-7-5-6-8-16(15)19)11-17(21)20(13(2)3)10-9-18(22)23/h5-8,12-13H,4,9-11H2,1-3H3,(H,22,23). The molecule has 5 nitrogen and oxygen atoms in total. The first-order valence-electron chi connectivity index (χ1n) is 8.02. The fourth-order valence-corrected chi connectivity index (χ4v) is 2.88. The number of carbonyl (C=O) groups excluding carboxylic acids is 1. The molecular weight excluding hydrogens is 292 g/mol. The first kappa shape index (κ1) is 17.1. The number of hydrogen-bond donors (Lipinski definition) is 1. The summed E-state index contributed by atoms with van der Waals surface area (Å²) in [5, 5.41) is 9.94. The molecule has 2 aromatic rings. The predicted octanol–water partition coefficient (Wildman–Crippen LogP) is 2.92. The number of aromatic nitrogens is 1. The van der Waals surface area contributed by atoms with Gasteiger partial charge < -0.3 is 14.6 Å².